The fourth-order valence-corrected chi connectivity index (χ4v) is 0.757. The Morgan fingerprint density at radius 3 is 1.33 bits per heavy atom. The minimum absolute atomic E-state index is 2.35. The third-order valence-corrected chi connectivity index (χ3v) is 2.61. The van der Waals surface area contributed by atoms with E-state index in [1.54, 1.807) is 0 Å². The van der Waals surface area contributed by atoms with Gasteiger partial charge >= 0.3 is 5.92 Å². The van der Waals surface area contributed by atoms with Gasteiger partial charge in [0.15, 0.2) is 6.67 Å². The Hall–Kier alpha value is 0.880. The normalized spacial score (nSPS) is 19.0. The molecule has 12 heavy (non-hydrogen) atoms. The summed E-state index contributed by atoms with van der Waals surface area (Å²) in [4.78, 5) is 0. The third-order valence-electron chi connectivity index (χ3n) is 0.983. The maximum absolute atomic E-state index is 12.8. The molecule has 0 aliphatic rings. The van der Waals surface area contributed by atoms with E-state index in [0.717, 1.165) is 0 Å². The van der Waals surface area contributed by atoms with Crippen LogP contribution in [0.3, 0.4) is 0 Å². The maximum Gasteiger partial charge on any atom is 0.327 e. The van der Waals surface area contributed by atoms with Crippen LogP contribution in [0.2, 0.25) is 0 Å². The molecule has 1 atom stereocenters. The van der Waals surface area contributed by atoms with Gasteiger partial charge in [-0.05, 0) is 0 Å². The molecule has 0 heterocycles. The van der Waals surface area contributed by atoms with Crippen molar-refractivity contribution in [3.63, 3.8) is 0 Å². The first kappa shape index (κ1) is 12.9. The second kappa shape index (κ2) is 3.56. The topological polar surface area (TPSA) is 0 Å². The molecule has 0 aromatic heterocycles. The predicted molar refractivity (Wildman–Crippen MR) is 40.9 cm³/mol. The number of hydrogen-bond acceptors (Lipinski definition) is 0. The summed E-state index contributed by atoms with van der Waals surface area (Å²) in [6, 6.07) is 0. The highest BCUT2D eigenvalue weighted by Gasteiger charge is 2.65. The van der Waals surface area contributed by atoms with Crippen LogP contribution in [0.5, 0.6) is 0 Å². The van der Waals surface area contributed by atoms with Crippen LogP contribution in [0.25, 0.3) is 0 Å². The minimum Gasteiger partial charge on any atom is -0.244 e. The van der Waals surface area contributed by atoms with Gasteiger partial charge in [0.05, 0.1) is 0 Å². The molecule has 0 amide bonds. The molecule has 0 spiro atoms. The fourth-order valence-electron chi connectivity index (χ4n) is 0.291. The van der Waals surface area contributed by atoms with E-state index < -0.39 is 21.5 Å². The van der Waals surface area contributed by atoms with Gasteiger partial charge < -0.3 is 0 Å². The van der Waals surface area contributed by atoms with E-state index in [2.05, 4.69) is 11.6 Å². The zero-order valence-corrected chi connectivity index (χ0v) is 8.25. The molecule has 0 rings (SSSR count). The Labute approximate surface area is 85.7 Å². The summed E-state index contributed by atoms with van der Waals surface area (Å²) in [7, 11) is 0. The average molecular weight is 268 g/mol. The van der Waals surface area contributed by atoms with Crippen LogP contribution in [0.1, 0.15) is 0 Å². The maximum atomic E-state index is 12.8. The van der Waals surface area contributed by atoms with Crippen LogP contribution in [0.4, 0.5) is 17.6 Å². The molecule has 0 saturated carbocycles. The highest BCUT2D eigenvalue weighted by Crippen LogP contribution is 2.52. The van der Waals surface area contributed by atoms with Crippen LogP contribution in [0, 0.1) is 0 Å². The summed E-state index contributed by atoms with van der Waals surface area (Å²) in [6.07, 6.45) is 0. The van der Waals surface area contributed by atoms with Gasteiger partial charge in [0.1, 0.15) is 0 Å². The van der Waals surface area contributed by atoms with Gasteiger partial charge in [-0.1, -0.05) is 46.4 Å². The van der Waals surface area contributed by atoms with Gasteiger partial charge in [0.2, 0.25) is 3.79 Å². The standard InChI is InChI=1S/C4H2Cl4F4/c5-3(12,4(6,7)8)2(10,11)1-9/h1H2. The molecule has 0 bridgehead atoms. The smallest absolute Gasteiger partial charge is 0.244 e. The average Bonchev–Trinajstić information content (AvgIpc) is 1.85. The zero-order valence-electron chi connectivity index (χ0n) is 5.23. The first-order chi connectivity index (χ1) is 5.06. The molecule has 0 aromatic rings. The third kappa shape index (κ3) is 2.22. The molecule has 0 fully saturated rings. The monoisotopic (exact) mass is 266 g/mol. The van der Waals surface area contributed by atoms with Crippen molar-refractivity contribution in [2.75, 3.05) is 6.67 Å². The number of rotatable bonds is 2. The van der Waals surface area contributed by atoms with Crippen LogP contribution >= 0.6 is 46.4 Å². The molecule has 0 aliphatic carbocycles. The molecule has 1 unspecified atom stereocenters. The molecule has 74 valence electrons. The van der Waals surface area contributed by atoms with Crippen LogP contribution in [-0.2, 0) is 0 Å². The van der Waals surface area contributed by atoms with Crippen LogP contribution < -0.4 is 0 Å². The van der Waals surface area contributed by atoms with Gasteiger partial charge in [-0.25, -0.2) is 8.78 Å². The second-order valence-electron chi connectivity index (χ2n) is 1.91. The minimum atomic E-state index is -4.54. The van der Waals surface area contributed by atoms with Gasteiger partial charge in [-0.2, -0.15) is 8.78 Å². The van der Waals surface area contributed by atoms with Crippen LogP contribution in [-0.4, -0.2) is 21.5 Å². The lowest BCUT2D eigenvalue weighted by molar-refractivity contribution is -0.107. The Balaban J connectivity index is 4.85. The first-order valence-electron chi connectivity index (χ1n) is 2.44. The van der Waals surface area contributed by atoms with Gasteiger partial charge in [0.25, 0.3) is 5.13 Å². The summed E-state index contributed by atoms with van der Waals surface area (Å²) in [6.45, 7) is -2.35. The quantitative estimate of drug-likeness (QED) is 0.526. The highest BCUT2D eigenvalue weighted by molar-refractivity contribution is 6.70. The Bertz CT molecular complexity index is 163. The van der Waals surface area contributed by atoms with E-state index in [4.69, 9.17) is 34.8 Å². The highest BCUT2D eigenvalue weighted by atomic mass is 35.6. The molecular weight excluding hydrogens is 266 g/mol. The Kier molecular flexibility index (Phi) is 3.82. The van der Waals surface area contributed by atoms with Gasteiger partial charge in [0, 0.05) is 0 Å². The van der Waals surface area contributed by atoms with Crippen molar-refractivity contribution in [2.24, 2.45) is 0 Å². The number of halogens is 8. The molecule has 8 heteroatoms. The summed E-state index contributed by atoms with van der Waals surface area (Å²) < 4.78 is 45.8. The molecule has 0 radical (unpaired) electrons. The Morgan fingerprint density at radius 2 is 1.25 bits per heavy atom. The lowest BCUT2D eigenvalue weighted by atomic mass is 10.2. The fraction of sp³-hybridized carbons (Fsp3) is 1.00. The number of alkyl halides is 8. The van der Waals surface area contributed by atoms with Crippen molar-refractivity contribution in [1.29, 1.82) is 0 Å². The van der Waals surface area contributed by atoms with Crippen molar-refractivity contribution < 1.29 is 17.6 Å². The summed E-state index contributed by atoms with van der Waals surface area (Å²) in [5.74, 6) is -4.54. The summed E-state index contributed by atoms with van der Waals surface area (Å²) in [5, 5.41) is -4.06. The zero-order chi connectivity index (χ0) is 10.2. The van der Waals surface area contributed by atoms with Crippen molar-refractivity contribution in [3.05, 3.63) is 0 Å². The van der Waals surface area contributed by atoms with Crippen LogP contribution in [0.15, 0.2) is 0 Å². The largest absolute Gasteiger partial charge is 0.327 e. The first-order valence-corrected chi connectivity index (χ1v) is 3.96. The van der Waals surface area contributed by atoms with Gasteiger partial charge in [-0.3, -0.25) is 0 Å². The van der Waals surface area contributed by atoms with E-state index in [9.17, 15) is 17.6 Å². The van der Waals surface area contributed by atoms with Crippen molar-refractivity contribution >= 4 is 46.4 Å². The van der Waals surface area contributed by atoms with E-state index in [1.807, 2.05) is 0 Å². The molecule has 0 nitrogen and oxygen atoms in total. The molecule has 0 aromatic carbocycles. The Morgan fingerprint density at radius 1 is 0.917 bits per heavy atom. The van der Waals surface area contributed by atoms with E-state index in [0.29, 0.717) is 0 Å². The predicted octanol–water partition coefficient (Wildman–Crippen LogP) is 3.87. The SMILES string of the molecule is FCC(F)(F)C(F)(Cl)C(Cl)(Cl)Cl. The van der Waals surface area contributed by atoms with E-state index >= 15 is 0 Å². The summed E-state index contributed by atoms with van der Waals surface area (Å²) in [5.41, 5.74) is 0. The van der Waals surface area contributed by atoms with E-state index in [-0.39, 0.29) is 0 Å². The molecule has 0 N–H and O–H groups in total. The van der Waals surface area contributed by atoms with E-state index in [1.165, 1.54) is 0 Å². The molecule has 0 aliphatic heterocycles. The lowest BCUT2D eigenvalue weighted by Gasteiger charge is -2.31. The molecule has 0 saturated heterocycles. The lowest BCUT2D eigenvalue weighted by Crippen LogP contribution is -2.50. The summed E-state index contributed by atoms with van der Waals surface area (Å²) >= 11 is 18.8. The van der Waals surface area contributed by atoms with Gasteiger partial charge in [-0.15, -0.1) is 0 Å². The molecular formula is C4H2Cl4F4. The van der Waals surface area contributed by atoms with Crippen molar-refractivity contribution in [1.82, 2.24) is 0 Å². The van der Waals surface area contributed by atoms with Crippen molar-refractivity contribution in [2.45, 2.75) is 14.8 Å². The van der Waals surface area contributed by atoms with Crippen molar-refractivity contribution in [3.8, 4) is 0 Å². The second-order valence-corrected chi connectivity index (χ2v) is 4.71. The number of hydrogen-bond donors (Lipinski definition) is 0.